The highest BCUT2D eigenvalue weighted by atomic mass is 15.4. The predicted octanol–water partition coefficient (Wildman–Crippen LogP) is 1.04. The highest BCUT2D eigenvalue weighted by Crippen LogP contribution is 2.05. The fraction of sp³-hybridized carbons (Fsp3) is 1.00. The van der Waals surface area contributed by atoms with Gasteiger partial charge in [0.15, 0.2) is 0 Å². The van der Waals surface area contributed by atoms with Gasteiger partial charge in [-0.15, -0.1) is 0 Å². The lowest BCUT2D eigenvalue weighted by atomic mass is 10.2. The number of hydrogen-bond donors (Lipinski definition) is 1. The van der Waals surface area contributed by atoms with E-state index in [-0.39, 0.29) is 0 Å². The maximum Gasteiger partial charge on any atom is 0.142 e. The molecule has 0 heterocycles. The van der Waals surface area contributed by atoms with E-state index in [1.54, 1.807) is 0 Å². The molecular weight excluding hydrogens is 124 g/mol. The third-order valence-electron chi connectivity index (χ3n) is 1.83. The van der Waals surface area contributed by atoms with E-state index in [2.05, 4.69) is 33.4 Å². The predicted molar refractivity (Wildman–Crippen MR) is 45.8 cm³/mol. The van der Waals surface area contributed by atoms with Crippen molar-refractivity contribution >= 4 is 0 Å². The normalized spacial score (nSPS) is 15.3. The maximum atomic E-state index is 3.32. The minimum absolute atomic E-state index is 0.602. The van der Waals surface area contributed by atoms with Crippen LogP contribution in [-0.2, 0) is 0 Å². The summed E-state index contributed by atoms with van der Waals surface area (Å²) in [5, 5.41) is 3.32. The van der Waals surface area contributed by atoms with E-state index in [4.69, 9.17) is 0 Å². The van der Waals surface area contributed by atoms with Gasteiger partial charge in [-0.1, -0.05) is 6.92 Å². The van der Waals surface area contributed by atoms with Crippen molar-refractivity contribution in [2.45, 2.75) is 25.9 Å². The molecular formula is C8H21N2+. The number of nitrogens with zero attached hydrogens (tertiary/aromatic N) is 1. The summed E-state index contributed by atoms with van der Waals surface area (Å²) in [6.07, 6.45) is 3.10. The first kappa shape index (κ1) is 9.92. The van der Waals surface area contributed by atoms with Crippen LogP contribution in [0.5, 0.6) is 0 Å². The molecule has 0 aromatic rings. The van der Waals surface area contributed by atoms with Gasteiger partial charge in [-0.05, 0) is 13.5 Å². The Morgan fingerprint density at radius 3 is 1.90 bits per heavy atom. The van der Waals surface area contributed by atoms with Crippen molar-refractivity contribution in [2.75, 3.05) is 28.2 Å². The Hall–Kier alpha value is -0.0800. The molecule has 1 atom stereocenters. The van der Waals surface area contributed by atoms with Gasteiger partial charge in [-0.25, -0.2) is 0 Å². The molecule has 0 bridgehead atoms. The van der Waals surface area contributed by atoms with Crippen molar-refractivity contribution < 1.29 is 4.48 Å². The first-order valence-electron chi connectivity index (χ1n) is 4.00. The molecule has 0 amide bonds. The summed E-state index contributed by atoms with van der Waals surface area (Å²) in [5.74, 6) is 0. The largest absolute Gasteiger partial charge is 0.316 e. The first-order valence-corrected chi connectivity index (χ1v) is 4.00. The molecule has 0 aromatic heterocycles. The fourth-order valence-corrected chi connectivity index (χ4v) is 1.19. The molecule has 1 unspecified atom stereocenters. The van der Waals surface area contributed by atoms with Crippen LogP contribution in [0, 0.1) is 0 Å². The van der Waals surface area contributed by atoms with Crippen LogP contribution >= 0.6 is 0 Å². The van der Waals surface area contributed by atoms with Crippen molar-refractivity contribution in [1.82, 2.24) is 5.32 Å². The van der Waals surface area contributed by atoms with Gasteiger partial charge < -0.3 is 4.48 Å². The van der Waals surface area contributed by atoms with Gasteiger partial charge in [-0.3, -0.25) is 5.32 Å². The van der Waals surface area contributed by atoms with E-state index >= 15 is 0 Å². The average molecular weight is 145 g/mol. The van der Waals surface area contributed by atoms with E-state index in [0.717, 1.165) is 4.48 Å². The van der Waals surface area contributed by atoms with Crippen molar-refractivity contribution in [3.8, 4) is 0 Å². The van der Waals surface area contributed by atoms with E-state index in [1.807, 2.05) is 7.05 Å². The van der Waals surface area contributed by atoms with Crippen LogP contribution in [0.3, 0.4) is 0 Å². The fourth-order valence-electron chi connectivity index (χ4n) is 1.19. The van der Waals surface area contributed by atoms with Gasteiger partial charge >= 0.3 is 0 Å². The standard InChI is InChI=1S/C8H21N2/c1-6-7-8(9-2)10(3,4)5/h8-9H,6-7H2,1-5H3/q+1. The van der Waals surface area contributed by atoms with E-state index in [0.29, 0.717) is 6.17 Å². The quantitative estimate of drug-likeness (QED) is 0.460. The Kier molecular flexibility index (Phi) is 3.91. The minimum atomic E-state index is 0.602. The first-order chi connectivity index (χ1) is 4.52. The smallest absolute Gasteiger partial charge is 0.142 e. The Bertz CT molecular complexity index is 83.7. The van der Waals surface area contributed by atoms with E-state index < -0.39 is 0 Å². The molecule has 0 spiro atoms. The molecule has 0 aliphatic carbocycles. The molecule has 2 nitrogen and oxygen atoms in total. The summed E-state index contributed by atoms with van der Waals surface area (Å²) in [6.45, 7) is 2.22. The van der Waals surface area contributed by atoms with E-state index in [1.165, 1.54) is 12.8 Å². The van der Waals surface area contributed by atoms with Gasteiger partial charge in [-0.2, -0.15) is 0 Å². The van der Waals surface area contributed by atoms with E-state index in [9.17, 15) is 0 Å². The van der Waals surface area contributed by atoms with Gasteiger partial charge in [0.1, 0.15) is 6.17 Å². The molecule has 62 valence electrons. The van der Waals surface area contributed by atoms with Crippen LogP contribution < -0.4 is 5.32 Å². The molecule has 0 radical (unpaired) electrons. The maximum absolute atomic E-state index is 3.32. The van der Waals surface area contributed by atoms with Crippen molar-refractivity contribution in [2.24, 2.45) is 0 Å². The monoisotopic (exact) mass is 145 g/mol. The second-order valence-corrected chi connectivity index (χ2v) is 3.71. The molecule has 0 saturated carbocycles. The Morgan fingerprint density at radius 1 is 1.30 bits per heavy atom. The summed E-state index contributed by atoms with van der Waals surface area (Å²) in [5.41, 5.74) is 0. The molecule has 0 rings (SSSR count). The number of quaternary nitrogens is 1. The van der Waals surface area contributed by atoms with Crippen LogP contribution in [0.4, 0.5) is 0 Å². The molecule has 0 aliphatic heterocycles. The Labute approximate surface area is 64.8 Å². The van der Waals surface area contributed by atoms with Gasteiger partial charge in [0.25, 0.3) is 0 Å². The zero-order chi connectivity index (χ0) is 8.20. The SMILES string of the molecule is CCCC(NC)[N+](C)(C)C. The molecule has 1 N–H and O–H groups in total. The lowest BCUT2D eigenvalue weighted by Gasteiger charge is -2.33. The highest BCUT2D eigenvalue weighted by Gasteiger charge is 2.19. The summed E-state index contributed by atoms with van der Waals surface area (Å²) in [7, 11) is 8.69. The third kappa shape index (κ3) is 3.18. The molecule has 0 aliphatic rings. The number of nitrogens with one attached hydrogen (secondary N) is 1. The zero-order valence-corrected chi connectivity index (χ0v) is 7.94. The zero-order valence-electron chi connectivity index (χ0n) is 7.94. The van der Waals surface area contributed by atoms with Gasteiger partial charge in [0.2, 0.25) is 0 Å². The Balaban J connectivity index is 3.81. The van der Waals surface area contributed by atoms with Gasteiger partial charge in [0.05, 0.1) is 21.1 Å². The van der Waals surface area contributed by atoms with Crippen molar-refractivity contribution in [1.29, 1.82) is 0 Å². The Morgan fingerprint density at radius 2 is 1.80 bits per heavy atom. The summed E-state index contributed by atoms with van der Waals surface area (Å²) < 4.78 is 1.00. The van der Waals surface area contributed by atoms with Crippen molar-refractivity contribution in [3.63, 3.8) is 0 Å². The van der Waals surface area contributed by atoms with Gasteiger partial charge in [0, 0.05) is 6.42 Å². The average Bonchev–Trinajstić information content (AvgIpc) is 1.80. The molecule has 10 heavy (non-hydrogen) atoms. The lowest BCUT2D eigenvalue weighted by Crippen LogP contribution is -2.52. The van der Waals surface area contributed by atoms with Crippen LogP contribution in [-0.4, -0.2) is 38.8 Å². The second kappa shape index (κ2) is 3.94. The van der Waals surface area contributed by atoms with Crippen LogP contribution in [0.1, 0.15) is 19.8 Å². The topological polar surface area (TPSA) is 12.0 Å². The summed E-state index contributed by atoms with van der Waals surface area (Å²) in [4.78, 5) is 0. The minimum Gasteiger partial charge on any atom is -0.316 e. The molecule has 0 saturated heterocycles. The van der Waals surface area contributed by atoms with Crippen molar-refractivity contribution in [3.05, 3.63) is 0 Å². The van der Waals surface area contributed by atoms with Crippen LogP contribution in [0.2, 0.25) is 0 Å². The highest BCUT2D eigenvalue weighted by molar-refractivity contribution is 4.49. The molecule has 2 heteroatoms. The lowest BCUT2D eigenvalue weighted by molar-refractivity contribution is -0.899. The third-order valence-corrected chi connectivity index (χ3v) is 1.83. The van der Waals surface area contributed by atoms with Crippen LogP contribution in [0.25, 0.3) is 0 Å². The summed E-state index contributed by atoms with van der Waals surface area (Å²) >= 11 is 0. The van der Waals surface area contributed by atoms with Crippen LogP contribution in [0.15, 0.2) is 0 Å². The second-order valence-electron chi connectivity index (χ2n) is 3.71. The molecule has 0 aromatic carbocycles. The number of hydrogen-bond acceptors (Lipinski definition) is 1. The summed E-state index contributed by atoms with van der Waals surface area (Å²) in [6, 6.07) is 0. The number of rotatable bonds is 4. The molecule has 0 fully saturated rings.